The molecule has 0 radical (unpaired) electrons. The lowest BCUT2D eigenvalue weighted by Gasteiger charge is -2.34. The summed E-state index contributed by atoms with van der Waals surface area (Å²) in [6.45, 7) is 1.54. The van der Waals surface area contributed by atoms with Crippen LogP contribution in [0, 0.1) is 0 Å². The average molecular weight is 387 g/mol. The molecular formula is C19H19BrN2O2. The summed E-state index contributed by atoms with van der Waals surface area (Å²) in [6, 6.07) is 16.4. The molecule has 0 bridgehead atoms. The Balaban J connectivity index is 1.72. The molecule has 0 saturated carbocycles. The topological polar surface area (TPSA) is 49.4 Å². The Hall–Kier alpha value is -2.14. The smallest absolute Gasteiger partial charge is 0.249 e. The van der Waals surface area contributed by atoms with Crippen LogP contribution in [0.1, 0.15) is 23.6 Å². The van der Waals surface area contributed by atoms with E-state index in [9.17, 15) is 9.59 Å². The van der Waals surface area contributed by atoms with Gasteiger partial charge in [0, 0.05) is 17.6 Å². The fourth-order valence-electron chi connectivity index (χ4n) is 2.65. The SMILES string of the molecule is O=C(Cc1ccc(Br)cc1)NC(C(=O)N1CCC1)c1ccccc1. The van der Waals surface area contributed by atoms with Crippen molar-refractivity contribution in [2.24, 2.45) is 0 Å². The van der Waals surface area contributed by atoms with Crippen molar-refractivity contribution >= 4 is 27.7 Å². The molecule has 1 unspecified atom stereocenters. The maximum absolute atomic E-state index is 12.7. The van der Waals surface area contributed by atoms with Gasteiger partial charge in [0.05, 0.1) is 6.42 Å². The van der Waals surface area contributed by atoms with Crippen LogP contribution in [0.25, 0.3) is 0 Å². The van der Waals surface area contributed by atoms with Crippen LogP contribution in [-0.4, -0.2) is 29.8 Å². The second-order valence-electron chi connectivity index (χ2n) is 5.89. The molecule has 1 fully saturated rings. The fourth-order valence-corrected chi connectivity index (χ4v) is 2.92. The number of benzene rings is 2. The van der Waals surface area contributed by atoms with Crippen LogP contribution in [0.5, 0.6) is 0 Å². The second kappa shape index (κ2) is 7.62. The predicted molar refractivity (Wildman–Crippen MR) is 96.4 cm³/mol. The molecule has 2 amide bonds. The largest absolute Gasteiger partial charge is 0.340 e. The standard InChI is InChI=1S/C19H19BrN2O2/c20-16-9-7-14(8-10-16)13-17(23)21-18(15-5-2-1-3-6-15)19(24)22-11-4-12-22/h1-3,5-10,18H,4,11-13H2,(H,21,23). The van der Waals surface area contributed by atoms with E-state index in [0.29, 0.717) is 0 Å². The normalized spacial score (nSPS) is 14.6. The number of halogens is 1. The first-order valence-corrected chi connectivity index (χ1v) is 8.80. The maximum atomic E-state index is 12.7. The van der Waals surface area contributed by atoms with Crippen molar-refractivity contribution in [2.75, 3.05) is 13.1 Å². The van der Waals surface area contributed by atoms with Gasteiger partial charge in [0.2, 0.25) is 11.8 Å². The van der Waals surface area contributed by atoms with Crippen molar-refractivity contribution in [1.29, 1.82) is 0 Å². The minimum atomic E-state index is -0.616. The van der Waals surface area contributed by atoms with Gasteiger partial charge < -0.3 is 10.2 Å². The zero-order valence-corrected chi connectivity index (χ0v) is 14.8. The maximum Gasteiger partial charge on any atom is 0.249 e. The number of carbonyl (C=O) groups excluding carboxylic acids is 2. The molecule has 2 aromatic carbocycles. The van der Waals surface area contributed by atoms with Gasteiger partial charge in [-0.15, -0.1) is 0 Å². The number of carbonyl (C=O) groups is 2. The number of nitrogens with zero attached hydrogens (tertiary/aromatic N) is 1. The van der Waals surface area contributed by atoms with E-state index in [0.717, 1.165) is 35.1 Å². The molecule has 0 aromatic heterocycles. The molecule has 4 nitrogen and oxygen atoms in total. The molecule has 1 atom stereocenters. The quantitative estimate of drug-likeness (QED) is 0.858. The molecule has 3 rings (SSSR count). The summed E-state index contributed by atoms with van der Waals surface area (Å²) in [6.07, 6.45) is 1.28. The van der Waals surface area contributed by atoms with Gasteiger partial charge in [-0.3, -0.25) is 9.59 Å². The highest BCUT2D eigenvalue weighted by Crippen LogP contribution is 2.20. The van der Waals surface area contributed by atoms with Crippen molar-refractivity contribution in [3.05, 3.63) is 70.2 Å². The van der Waals surface area contributed by atoms with Crippen molar-refractivity contribution in [1.82, 2.24) is 10.2 Å². The molecule has 1 aliphatic heterocycles. The van der Waals surface area contributed by atoms with E-state index in [1.165, 1.54) is 0 Å². The number of nitrogens with one attached hydrogen (secondary N) is 1. The second-order valence-corrected chi connectivity index (χ2v) is 6.81. The molecule has 1 saturated heterocycles. The summed E-state index contributed by atoms with van der Waals surface area (Å²) in [5.74, 6) is -0.184. The van der Waals surface area contributed by atoms with Crippen molar-refractivity contribution in [2.45, 2.75) is 18.9 Å². The third-order valence-corrected chi connectivity index (χ3v) is 4.66. The van der Waals surface area contributed by atoms with Crippen LogP contribution in [-0.2, 0) is 16.0 Å². The Morgan fingerprint density at radius 2 is 1.71 bits per heavy atom. The summed E-state index contributed by atoms with van der Waals surface area (Å²) in [4.78, 5) is 26.9. The highest BCUT2D eigenvalue weighted by atomic mass is 79.9. The van der Waals surface area contributed by atoms with Gasteiger partial charge in [0.15, 0.2) is 0 Å². The van der Waals surface area contributed by atoms with Crippen LogP contribution < -0.4 is 5.32 Å². The zero-order chi connectivity index (χ0) is 16.9. The van der Waals surface area contributed by atoms with Crippen LogP contribution in [0.15, 0.2) is 59.1 Å². The first-order valence-electron chi connectivity index (χ1n) is 8.01. The molecular weight excluding hydrogens is 368 g/mol. The minimum absolute atomic E-state index is 0.0309. The average Bonchev–Trinajstić information content (AvgIpc) is 2.54. The van der Waals surface area contributed by atoms with Gasteiger partial charge in [0.1, 0.15) is 6.04 Å². The van der Waals surface area contributed by atoms with E-state index < -0.39 is 6.04 Å². The highest BCUT2D eigenvalue weighted by Gasteiger charge is 2.30. The molecule has 1 heterocycles. The van der Waals surface area contributed by atoms with E-state index in [1.807, 2.05) is 54.6 Å². The Bertz CT molecular complexity index is 712. The third-order valence-electron chi connectivity index (χ3n) is 4.13. The first-order chi connectivity index (χ1) is 11.6. The molecule has 24 heavy (non-hydrogen) atoms. The van der Waals surface area contributed by atoms with Gasteiger partial charge in [-0.25, -0.2) is 0 Å². The van der Waals surface area contributed by atoms with Crippen molar-refractivity contribution in [3.63, 3.8) is 0 Å². The lowest BCUT2D eigenvalue weighted by atomic mass is 10.0. The van der Waals surface area contributed by atoms with E-state index in [-0.39, 0.29) is 18.2 Å². The molecule has 1 aliphatic rings. The monoisotopic (exact) mass is 386 g/mol. The molecule has 2 aromatic rings. The molecule has 0 aliphatic carbocycles. The van der Waals surface area contributed by atoms with Crippen LogP contribution in [0.2, 0.25) is 0 Å². The lowest BCUT2D eigenvalue weighted by Crippen LogP contribution is -2.49. The third kappa shape index (κ3) is 4.03. The van der Waals surface area contributed by atoms with E-state index in [1.54, 1.807) is 4.90 Å². The number of amides is 2. The summed E-state index contributed by atoms with van der Waals surface area (Å²) in [5.41, 5.74) is 1.73. The summed E-state index contributed by atoms with van der Waals surface area (Å²) in [5, 5.41) is 2.90. The van der Waals surface area contributed by atoms with Crippen LogP contribution in [0.3, 0.4) is 0 Å². The van der Waals surface area contributed by atoms with Crippen molar-refractivity contribution < 1.29 is 9.59 Å². The van der Waals surface area contributed by atoms with Crippen LogP contribution in [0.4, 0.5) is 0 Å². The fraction of sp³-hybridized carbons (Fsp3) is 0.263. The summed E-state index contributed by atoms with van der Waals surface area (Å²) < 4.78 is 0.974. The van der Waals surface area contributed by atoms with Gasteiger partial charge in [-0.05, 0) is 29.7 Å². The molecule has 124 valence electrons. The number of hydrogen-bond acceptors (Lipinski definition) is 2. The predicted octanol–water partition coefficient (Wildman–Crippen LogP) is 3.08. The molecule has 1 N–H and O–H groups in total. The Morgan fingerprint density at radius 1 is 1.04 bits per heavy atom. The summed E-state index contributed by atoms with van der Waals surface area (Å²) in [7, 11) is 0. The van der Waals surface area contributed by atoms with E-state index in [2.05, 4.69) is 21.2 Å². The van der Waals surface area contributed by atoms with E-state index in [4.69, 9.17) is 0 Å². The van der Waals surface area contributed by atoms with Gasteiger partial charge in [-0.2, -0.15) is 0 Å². The van der Waals surface area contributed by atoms with Gasteiger partial charge >= 0.3 is 0 Å². The number of hydrogen-bond donors (Lipinski definition) is 1. The van der Waals surface area contributed by atoms with Crippen LogP contribution >= 0.6 is 15.9 Å². The molecule has 0 spiro atoms. The highest BCUT2D eigenvalue weighted by molar-refractivity contribution is 9.10. The Labute approximate surface area is 150 Å². The zero-order valence-electron chi connectivity index (χ0n) is 13.2. The van der Waals surface area contributed by atoms with Gasteiger partial charge in [-0.1, -0.05) is 58.4 Å². The Morgan fingerprint density at radius 3 is 2.29 bits per heavy atom. The Kier molecular flexibility index (Phi) is 5.30. The van der Waals surface area contributed by atoms with Gasteiger partial charge in [0.25, 0.3) is 0 Å². The molecule has 5 heteroatoms. The minimum Gasteiger partial charge on any atom is -0.340 e. The number of rotatable bonds is 5. The van der Waals surface area contributed by atoms with E-state index >= 15 is 0 Å². The summed E-state index contributed by atoms with van der Waals surface area (Å²) >= 11 is 3.38. The van der Waals surface area contributed by atoms with Crippen molar-refractivity contribution in [3.8, 4) is 0 Å². The first kappa shape index (κ1) is 16.7. The number of likely N-dealkylation sites (tertiary alicyclic amines) is 1. The lowest BCUT2D eigenvalue weighted by molar-refractivity contribution is -0.139.